The smallest absolute Gasteiger partial charge is 0.331 e. The van der Waals surface area contributed by atoms with Gasteiger partial charge in [-0.25, -0.2) is 9.78 Å². The molecule has 0 fully saturated rings. The van der Waals surface area contributed by atoms with Crippen LogP contribution in [0.4, 0.5) is 0 Å². The molecule has 5 heteroatoms. The van der Waals surface area contributed by atoms with Gasteiger partial charge in [0.1, 0.15) is 5.82 Å². The molecule has 1 aromatic carbocycles. The van der Waals surface area contributed by atoms with Gasteiger partial charge >= 0.3 is 5.97 Å². The summed E-state index contributed by atoms with van der Waals surface area (Å²) in [5, 5.41) is 9.80. The van der Waals surface area contributed by atoms with Crippen LogP contribution >= 0.6 is 11.6 Å². The monoisotopic (exact) mass is 332 g/mol. The van der Waals surface area contributed by atoms with Crippen molar-refractivity contribution in [3.63, 3.8) is 0 Å². The standard InChI is InChI=1S/C18H21ClN2O2/c1-3-4-9-17-20-11-15(10-13(2)18(22)23)21(17)12-14-7-5-6-8-16(14)19/h5-8,10-11H,3-4,9,12H2,1-2H3,(H,22,23)/b13-10+. The Morgan fingerprint density at radius 1 is 1.39 bits per heavy atom. The third-order valence-corrected chi connectivity index (χ3v) is 4.08. The van der Waals surface area contributed by atoms with Crippen LogP contribution in [0.2, 0.25) is 5.02 Å². The molecule has 0 bridgehead atoms. The van der Waals surface area contributed by atoms with Crippen LogP contribution in [0, 0.1) is 0 Å². The molecule has 0 radical (unpaired) electrons. The Labute approximate surface area is 141 Å². The number of nitrogens with zero attached hydrogens (tertiary/aromatic N) is 2. The first kappa shape index (κ1) is 17.3. The minimum Gasteiger partial charge on any atom is -0.478 e. The number of benzene rings is 1. The van der Waals surface area contributed by atoms with E-state index in [1.165, 1.54) is 0 Å². The van der Waals surface area contributed by atoms with Gasteiger partial charge in [0.2, 0.25) is 0 Å². The van der Waals surface area contributed by atoms with E-state index in [9.17, 15) is 4.79 Å². The Balaban J connectivity index is 2.40. The van der Waals surface area contributed by atoms with E-state index in [1.807, 2.05) is 28.8 Å². The lowest BCUT2D eigenvalue weighted by Gasteiger charge is -2.12. The predicted molar refractivity (Wildman–Crippen MR) is 92.7 cm³/mol. The second kappa shape index (κ2) is 7.97. The average molecular weight is 333 g/mol. The molecule has 4 nitrogen and oxygen atoms in total. The van der Waals surface area contributed by atoms with Gasteiger partial charge in [0.05, 0.1) is 18.4 Å². The Morgan fingerprint density at radius 2 is 2.13 bits per heavy atom. The summed E-state index contributed by atoms with van der Waals surface area (Å²) in [5.74, 6) is 0.0295. The van der Waals surface area contributed by atoms with Crippen molar-refractivity contribution in [2.45, 2.75) is 39.7 Å². The summed E-state index contributed by atoms with van der Waals surface area (Å²) in [6.07, 6.45) is 6.37. The van der Waals surface area contributed by atoms with Crippen molar-refractivity contribution in [2.75, 3.05) is 0 Å². The minimum absolute atomic E-state index is 0.285. The molecule has 0 spiro atoms. The number of rotatable bonds is 7. The van der Waals surface area contributed by atoms with Crippen molar-refractivity contribution in [1.82, 2.24) is 9.55 Å². The van der Waals surface area contributed by atoms with E-state index in [2.05, 4.69) is 11.9 Å². The summed E-state index contributed by atoms with van der Waals surface area (Å²) in [4.78, 5) is 15.6. The van der Waals surface area contributed by atoms with Gasteiger partial charge in [-0.05, 0) is 31.1 Å². The summed E-state index contributed by atoms with van der Waals surface area (Å²) < 4.78 is 2.04. The third-order valence-electron chi connectivity index (χ3n) is 3.71. The molecule has 0 amide bonds. The number of hydrogen-bond acceptors (Lipinski definition) is 2. The molecule has 0 atom stereocenters. The SMILES string of the molecule is CCCCc1ncc(/C=C(\C)C(=O)O)n1Cc1ccccc1Cl. The van der Waals surface area contributed by atoms with Crippen molar-refractivity contribution in [2.24, 2.45) is 0 Å². The fourth-order valence-corrected chi connectivity index (χ4v) is 2.54. The maximum absolute atomic E-state index is 11.1. The maximum atomic E-state index is 11.1. The molecule has 0 aliphatic carbocycles. The largest absolute Gasteiger partial charge is 0.478 e. The van der Waals surface area contributed by atoms with E-state index in [4.69, 9.17) is 16.7 Å². The lowest BCUT2D eigenvalue weighted by molar-refractivity contribution is -0.132. The summed E-state index contributed by atoms with van der Waals surface area (Å²) in [6, 6.07) is 7.68. The van der Waals surface area contributed by atoms with E-state index >= 15 is 0 Å². The maximum Gasteiger partial charge on any atom is 0.331 e. The summed E-state index contributed by atoms with van der Waals surface area (Å²) in [7, 11) is 0. The van der Waals surface area contributed by atoms with Crippen LogP contribution in [-0.4, -0.2) is 20.6 Å². The Morgan fingerprint density at radius 3 is 2.78 bits per heavy atom. The highest BCUT2D eigenvalue weighted by molar-refractivity contribution is 6.31. The van der Waals surface area contributed by atoms with Crippen LogP contribution in [0.5, 0.6) is 0 Å². The molecule has 2 rings (SSSR count). The molecule has 122 valence electrons. The fourth-order valence-electron chi connectivity index (χ4n) is 2.34. The van der Waals surface area contributed by atoms with Gasteiger partial charge in [-0.3, -0.25) is 0 Å². The number of unbranched alkanes of at least 4 members (excludes halogenated alkanes) is 1. The Bertz CT molecular complexity index is 720. The normalized spacial score (nSPS) is 11.7. The number of carbonyl (C=O) groups is 1. The van der Waals surface area contributed by atoms with Crippen molar-refractivity contribution in [3.8, 4) is 0 Å². The molecular formula is C18H21ClN2O2. The Hall–Kier alpha value is -2.07. The Kier molecular flexibility index (Phi) is 5.99. The first-order chi connectivity index (χ1) is 11.0. The van der Waals surface area contributed by atoms with E-state index in [0.29, 0.717) is 11.6 Å². The number of imidazole rings is 1. The van der Waals surface area contributed by atoms with Crippen LogP contribution in [0.1, 0.15) is 43.8 Å². The second-order valence-corrected chi connectivity index (χ2v) is 5.92. The first-order valence-corrected chi connectivity index (χ1v) is 8.10. The van der Waals surface area contributed by atoms with Crippen molar-refractivity contribution in [1.29, 1.82) is 0 Å². The molecule has 0 unspecified atom stereocenters. The van der Waals surface area contributed by atoms with Crippen LogP contribution in [0.15, 0.2) is 36.0 Å². The third kappa shape index (κ3) is 4.45. The minimum atomic E-state index is -0.925. The number of carboxylic acid groups (broad SMARTS) is 1. The quantitative estimate of drug-likeness (QED) is 0.764. The van der Waals surface area contributed by atoms with Gasteiger partial charge in [0.15, 0.2) is 0 Å². The van der Waals surface area contributed by atoms with Gasteiger partial charge in [-0.15, -0.1) is 0 Å². The second-order valence-electron chi connectivity index (χ2n) is 5.51. The van der Waals surface area contributed by atoms with Gasteiger partial charge in [-0.2, -0.15) is 0 Å². The molecular weight excluding hydrogens is 312 g/mol. The van der Waals surface area contributed by atoms with E-state index in [1.54, 1.807) is 19.2 Å². The molecule has 23 heavy (non-hydrogen) atoms. The molecule has 0 saturated carbocycles. The van der Waals surface area contributed by atoms with Crippen LogP contribution in [-0.2, 0) is 17.8 Å². The zero-order chi connectivity index (χ0) is 16.8. The molecule has 1 N–H and O–H groups in total. The van der Waals surface area contributed by atoms with Crippen LogP contribution in [0.25, 0.3) is 6.08 Å². The summed E-state index contributed by atoms with van der Waals surface area (Å²) in [6.45, 7) is 4.30. The molecule has 0 aliphatic rings. The number of aromatic nitrogens is 2. The molecule has 1 aromatic heterocycles. The molecule has 0 saturated heterocycles. The lowest BCUT2D eigenvalue weighted by atomic mass is 10.2. The average Bonchev–Trinajstić information content (AvgIpc) is 2.89. The lowest BCUT2D eigenvalue weighted by Crippen LogP contribution is -2.08. The van der Waals surface area contributed by atoms with Crippen molar-refractivity contribution in [3.05, 3.63) is 58.1 Å². The van der Waals surface area contributed by atoms with Gasteiger partial charge in [0, 0.05) is 17.0 Å². The van der Waals surface area contributed by atoms with Crippen LogP contribution < -0.4 is 0 Å². The zero-order valence-corrected chi connectivity index (χ0v) is 14.2. The number of aliphatic carboxylic acids is 1. The number of carboxylic acids is 1. The van der Waals surface area contributed by atoms with Crippen molar-refractivity contribution >= 4 is 23.6 Å². The van der Waals surface area contributed by atoms with Crippen molar-refractivity contribution < 1.29 is 9.90 Å². The van der Waals surface area contributed by atoms with Crippen LogP contribution in [0.3, 0.4) is 0 Å². The highest BCUT2D eigenvalue weighted by Gasteiger charge is 2.12. The van der Waals surface area contributed by atoms with E-state index in [-0.39, 0.29) is 5.57 Å². The highest BCUT2D eigenvalue weighted by Crippen LogP contribution is 2.20. The molecule has 0 aliphatic heterocycles. The molecule has 1 heterocycles. The predicted octanol–water partition coefficient (Wildman–Crippen LogP) is 4.42. The van der Waals surface area contributed by atoms with Gasteiger partial charge in [0.25, 0.3) is 0 Å². The number of halogens is 1. The van der Waals surface area contributed by atoms with Gasteiger partial charge in [-0.1, -0.05) is 43.1 Å². The number of hydrogen-bond donors (Lipinski definition) is 1. The van der Waals surface area contributed by atoms with E-state index < -0.39 is 5.97 Å². The van der Waals surface area contributed by atoms with Gasteiger partial charge < -0.3 is 9.67 Å². The zero-order valence-electron chi connectivity index (χ0n) is 13.4. The first-order valence-electron chi connectivity index (χ1n) is 7.72. The molecule has 2 aromatic rings. The highest BCUT2D eigenvalue weighted by atomic mass is 35.5. The fraction of sp³-hybridized carbons (Fsp3) is 0.333. The summed E-state index contributed by atoms with van der Waals surface area (Å²) in [5.41, 5.74) is 2.07. The topological polar surface area (TPSA) is 55.1 Å². The van der Waals surface area contributed by atoms with E-state index in [0.717, 1.165) is 36.3 Å². The number of aryl methyl sites for hydroxylation is 1. The summed E-state index contributed by atoms with van der Waals surface area (Å²) >= 11 is 6.26.